The Bertz CT molecular complexity index is 615. The van der Waals surface area contributed by atoms with Crippen molar-refractivity contribution in [2.75, 3.05) is 0 Å². The molecule has 5 nitrogen and oxygen atoms in total. The van der Waals surface area contributed by atoms with Gasteiger partial charge in [0.25, 0.3) is 0 Å². The topological polar surface area (TPSA) is 59.4 Å². The average molecular weight is 290 g/mol. The molecule has 0 bridgehead atoms. The molecule has 1 N–H and O–H groups in total. The van der Waals surface area contributed by atoms with Crippen LogP contribution in [-0.4, -0.2) is 25.2 Å². The molecule has 0 spiro atoms. The molecule has 0 aliphatic heterocycles. The lowest BCUT2D eigenvalue weighted by Crippen LogP contribution is -1.97. The van der Waals surface area contributed by atoms with Gasteiger partial charge < -0.3 is 4.57 Å². The van der Waals surface area contributed by atoms with Gasteiger partial charge in [0.05, 0.1) is 10.3 Å². The number of para-hydroxylation sites is 1. The maximum absolute atomic E-state index is 4.00. The van der Waals surface area contributed by atoms with Crippen LogP contribution in [0.5, 0.6) is 0 Å². The van der Waals surface area contributed by atoms with Crippen LogP contribution in [0.3, 0.4) is 0 Å². The van der Waals surface area contributed by atoms with Gasteiger partial charge in [-0.3, -0.25) is 0 Å². The summed E-state index contributed by atoms with van der Waals surface area (Å²) in [5, 5.41) is 14.0. The fourth-order valence-electron chi connectivity index (χ4n) is 1.70. The summed E-state index contributed by atoms with van der Waals surface area (Å²) in [6, 6.07) is 13.9. The van der Waals surface area contributed by atoms with E-state index in [0.29, 0.717) is 5.82 Å². The van der Waals surface area contributed by atoms with Crippen LogP contribution in [-0.2, 0) is 0 Å². The summed E-state index contributed by atoms with van der Waals surface area (Å²) < 4.78 is 2.97. The fourth-order valence-corrected chi connectivity index (χ4v) is 2.22. The van der Waals surface area contributed by atoms with Crippen LogP contribution >= 0.6 is 15.9 Å². The standard InChI is InChI=1S/C11H8BrN5/c12-10-7-6-9(11-13-15-16-14-11)17(10)8-4-2-1-3-5-8/h1-7H,(H,13,14,15,16). The molecule has 0 radical (unpaired) electrons. The van der Waals surface area contributed by atoms with Crippen LogP contribution < -0.4 is 0 Å². The van der Waals surface area contributed by atoms with Crippen LogP contribution in [0, 0.1) is 0 Å². The number of halogens is 1. The van der Waals surface area contributed by atoms with Crippen molar-refractivity contribution < 1.29 is 0 Å². The summed E-state index contributed by atoms with van der Waals surface area (Å²) in [6.07, 6.45) is 0. The number of benzene rings is 1. The Morgan fingerprint density at radius 3 is 2.59 bits per heavy atom. The first-order valence-electron chi connectivity index (χ1n) is 5.03. The maximum atomic E-state index is 4.00. The molecule has 3 aromatic rings. The second-order valence-electron chi connectivity index (χ2n) is 3.45. The van der Waals surface area contributed by atoms with Crippen LogP contribution in [0.15, 0.2) is 47.1 Å². The largest absolute Gasteiger partial charge is 0.301 e. The molecule has 0 fully saturated rings. The summed E-state index contributed by atoms with van der Waals surface area (Å²) in [7, 11) is 0. The van der Waals surface area contributed by atoms with Crippen molar-refractivity contribution in [3.63, 3.8) is 0 Å². The number of aromatic amines is 1. The fraction of sp³-hybridized carbons (Fsp3) is 0. The van der Waals surface area contributed by atoms with Gasteiger partial charge >= 0.3 is 0 Å². The van der Waals surface area contributed by atoms with E-state index >= 15 is 0 Å². The highest BCUT2D eigenvalue weighted by Gasteiger charge is 2.13. The van der Waals surface area contributed by atoms with Crippen molar-refractivity contribution in [1.29, 1.82) is 0 Å². The minimum absolute atomic E-state index is 0.569. The van der Waals surface area contributed by atoms with Crippen molar-refractivity contribution in [1.82, 2.24) is 25.2 Å². The minimum Gasteiger partial charge on any atom is -0.301 e. The highest BCUT2D eigenvalue weighted by atomic mass is 79.9. The molecule has 0 saturated carbocycles. The second kappa shape index (κ2) is 4.14. The third-order valence-corrected chi connectivity index (χ3v) is 3.04. The monoisotopic (exact) mass is 289 g/mol. The van der Waals surface area contributed by atoms with Crippen molar-refractivity contribution in [3.8, 4) is 17.2 Å². The van der Waals surface area contributed by atoms with Gasteiger partial charge in [0.15, 0.2) is 0 Å². The van der Waals surface area contributed by atoms with E-state index < -0.39 is 0 Å². The minimum atomic E-state index is 0.569. The number of nitrogens with zero attached hydrogens (tertiary/aromatic N) is 4. The van der Waals surface area contributed by atoms with Crippen LogP contribution in [0.25, 0.3) is 17.2 Å². The highest BCUT2D eigenvalue weighted by Crippen LogP contribution is 2.26. The Hall–Kier alpha value is -1.95. The summed E-state index contributed by atoms with van der Waals surface area (Å²) in [6.45, 7) is 0. The molecule has 2 aromatic heterocycles. The second-order valence-corrected chi connectivity index (χ2v) is 4.26. The third kappa shape index (κ3) is 1.76. The molecule has 2 heterocycles. The van der Waals surface area contributed by atoms with Crippen LogP contribution in [0.2, 0.25) is 0 Å². The number of hydrogen-bond acceptors (Lipinski definition) is 3. The lowest BCUT2D eigenvalue weighted by molar-refractivity contribution is 0.881. The van der Waals surface area contributed by atoms with Gasteiger partial charge in [-0.25, -0.2) is 0 Å². The predicted molar refractivity (Wildman–Crippen MR) is 66.6 cm³/mol. The van der Waals surface area contributed by atoms with Gasteiger partial charge in [0, 0.05) is 5.69 Å². The summed E-state index contributed by atoms with van der Waals surface area (Å²) in [4.78, 5) is 0. The lowest BCUT2D eigenvalue weighted by Gasteiger charge is -2.08. The molecule has 0 amide bonds. The zero-order valence-corrected chi connectivity index (χ0v) is 10.3. The first-order valence-corrected chi connectivity index (χ1v) is 5.82. The maximum Gasteiger partial charge on any atom is 0.221 e. The number of nitrogens with one attached hydrogen (secondary N) is 1. The van der Waals surface area contributed by atoms with Crippen LogP contribution in [0.4, 0.5) is 0 Å². The molecule has 1 aromatic carbocycles. The Labute approximate surface area is 106 Å². The van der Waals surface area contributed by atoms with Crippen molar-refractivity contribution in [3.05, 3.63) is 47.1 Å². The SMILES string of the molecule is Brc1ccc(-c2nn[nH]n2)n1-c1ccccc1. The number of H-pyrrole nitrogens is 1. The number of rotatable bonds is 2. The van der Waals surface area contributed by atoms with Crippen molar-refractivity contribution in [2.24, 2.45) is 0 Å². The molecule has 6 heteroatoms. The quantitative estimate of drug-likeness (QED) is 0.788. The summed E-state index contributed by atoms with van der Waals surface area (Å²) in [5.41, 5.74) is 1.93. The predicted octanol–water partition coefficient (Wildman–Crippen LogP) is 2.42. The molecule has 0 aliphatic carbocycles. The third-order valence-electron chi connectivity index (χ3n) is 2.42. The van der Waals surface area contributed by atoms with Crippen molar-refractivity contribution >= 4 is 15.9 Å². The summed E-state index contributed by atoms with van der Waals surface area (Å²) >= 11 is 3.52. The van der Waals surface area contributed by atoms with E-state index in [0.717, 1.165) is 16.0 Å². The van der Waals surface area contributed by atoms with E-state index in [1.807, 2.05) is 47.0 Å². The lowest BCUT2D eigenvalue weighted by atomic mass is 10.3. The molecule has 3 rings (SSSR count). The van der Waals surface area contributed by atoms with E-state index in [4.69, 9.17) is 0 Å². The first kappa shape index (κ1) is 10.2. The molecular formula is C11H8BrN5. The zero-order valence-electron chi connectivity index (χ0n) is 8.71. The van der Waals surface area contributed by atoms with E-state index in [9.17, 15) is 0 Å². The molecule has 0 aliphatic rings. The number of tetrazole rings is 1. The average Bonchev–Trinajstić information content (AvgIpc) is 2.98. The number of hydrogen-bond donors (Lipinski definition) is 1. The zero-order chi connectivity index (χ0) is 11.7. The first-order chi connectivity index (χ1) is 8.36. The normalized spacial score (nSPS) is 10.6. The Morgan fingerprint density at radius 1 is 1.06 bits per heavy atom. The van der Waals surface area contributed by atoms with Gasteiger partial charge in [-0.2, -0.15) is 5.21 Å². The summed E-state index contributed by atoms with van der Waals surface area (Å²) in [5.74, 6) is 0.569. The molecule has 17 heavy (non-hydrogen) atoms. The Morgan fingerprint density at radius 2 is 1.88 bits per heavy atom. The van der Waals surface area contributed by atoms with Gasteiger partial charge in [-0.15, -0.1) is 10.2 Å². The van der Waals surface area contributed by atoms with Crippen LogP contribution in [0.1, 0.15) is 0 Å². The molecular weight excluding hydrogens is 282 g/mol. The molecule has 0 saturated heterocycles. The van der Waals surface area contributed by atoms with E-state index in [2.05, 4.69) is 36.6 Å². The Kier molecular flexibility index (Phi) is 2.49. The van der Waals surface area contributed by atoms with E-state index in [1.165, 1.54) is 0 Å². The van der Waals surface area contributed by atoms with Gasteiger partial charge in [-0.05, 0) is 45.4 Å². The molecule has 0 unspecified atom stereocenters. The smallest absolute Gasteiger partial charge is 0.221 e. The van der Waals surface area contributed by atoms with Gasteiger partial charge in [0.2, 0.25) is 5.82 Å². The van der Waals surface area contributed by atoms with E-state index in [-0.39, 0.29) is 0 Å². The van der Waals surface area contributed by atoms with Crippen molar-refractivity contribution in [2.45, 2.75) is 0 Å². The Balaban J connectivity index is 2.20. The molecule has 84 valence electrons. The van der Waals surface area contributed by atoms with Gasteiger partial charge in [-0.1, -0.05) is 18.2 Å². The number of aromatic nitrogens is 5. The van der Waals surface area contributed by atoms with E-state index in [1.54, 1.807) is 0 Å². The highest BCUT2D eigenvalue weighted by molar-refractivity contribution is 9.10. The molecule has 0 atom stereocenters. The van der Waals surface area contributed by atoms with Gasteiger partial charge in [0.1, 0.15) is 0 Å².